The van der Waals surface area contributed by atoms with Crippen LogP contribution in [-0.2, 0) is 16.0 Å². The summed E-state index contributed by atoms with van der Waals surface area (Å²) >= 11 is 0. The van der Waals surface area contributed by atoms with Gasteiger partial charge >= 0.3 is 0 Å². The van der Waals surface area contributed by atoms with Crippen molar-refractivity contribution in [2.75, 3.05) is 38.7 Å². The van der Waals surface area contributed by atoms with Gasteiger partial charge in [-0.3, -0.25) is 4.79 Å². The zero-order valence-corrected chi connectivity index (χ0v) is 16.0. The normalized spacial score (nSPS) is 16.4. The first-order valence-electron chi connectivity index (χ1n) is 9.63. The molecule has 1 amide bonds. The van der Waals surface area contributed by atoms with Crippen LogP contribution in [0.15, 0.2) is 42.9 Å². The Kier molecular flexibility index (Phi) is 5.53. The maximum Gasteiger partial charge on any atom is 0.226 e. The molecule has 0 unspecified atom stereocenters. The molecule has 0 spiro atoms. The van der Waals surface area contributed by atoms with E-state index in [9.17, 15) is 4.79 Å². The van der Waals surface area contributed by atoms with Crippen molar-refractivity contribution in [2.24, 2.45) is 0 Å². The number of ether oxygens (including phenoxy) is 1. The Labute approximate surface area is 164 Å². The molecular formula is C21H25N5O2. The minimum atomic E-state index is 0.0954. The van der Waals surface area contributed by atoms with Gasteiger partial charge in [0.15, 0.2) is 0 Å². The Bertz CT molecular complexity index is 949. The zero-order valence-electron chi connectivity index (χ0n) is 16.0. The molecule has 7 heteroatoms. The first-order chi connectivity index (χ1) is 13.7. The largest absolute Gasteiger partial charge is 0.381 e. The molecule has 1 saturated heterocycles. The van der Waals surface area contributed by atoms with Crippen LogP contribution in [0.1, 0.15) is 23.6 Å². The number of nitrogens with zero attached hydrogens (tertiary/aromatic N) is 3. The third kappa shape index (κ3) is 4.14. The van der Waals surface area contributed by atoms with Crippen molar-refractivity contribution < 1.29 is 9.53 Å². The molecule has 3 heterocycles. The van der Waals surface area contributed by atoms with Crippen molar-refractivity contribution in [3.63, 3.8) is 0 Å². The molecule has 4 rings (SSSR count). The van der Waals surface area contributed by atoms with Crippen LogP contribution in [0, 0.1) is 0 Å². The number of nitrogens with one attached hydrogen (secondary N) is 2. The van der Waals surface area contributed by atoms with E-state index in [1.165, 1.54) is 0 Å². The molecule has 0 radical (unpaired) electrons. The van der Waals surface area contributed by atoms with Crippen molar-refractivity contribution >= 4 is 22.6 Å². The van der Waals surface area contributed by atoms with Gasteiger partial charge < -0.3 is 19.9 Å². The van der Waals surface area contributed by atoms with Crippen LogP contribution in [0.4, 0.5) is 5.82 Å². The monoisotopic (exact) mass is 379 g/mol. The maximum absolute atomic E-state index is 12.6. The summed E-state index contributed by atoms with van der Waals surface area (Å²) < 4.78 is 5.43. The highest BCUT2D eigenvalue weighted by molar-refractivity contribution is 5.88. The number of aromatic amines is 1. The van der Waals surface area contributed by atoms with Crippen LogP contribution >= 0.6 is 0 Å². The Morgan fingerprint density at radius 1 is 1.36 bits per heavy atom. The second kappa shape index (κ2) is 8.39. The lowest BCUT2D eigenvalue weighted by atomic mass is 10.1. The fourth-order valence-corrected chi connectivity index (χ4v) is 3.51. The SMILES string of the molecule is CN(CCNc1cc([C@@H]2CCOC2)ncn1)C(=O)Cc1c[nH]c2ccccc12. The number of carbonyl (C=O) groups is 1. The highest BCUT2D eigenvalue weighted by Gasteiger charge is 2.19. The summed E-state index contributed by atoms with van der Waals surface area (Å²) in [5.74, 6) is 1.23. The summed E-state index contributed by atoms with van der Waals surface area (Å²) in [6.07, 6.45) is 4.90. The first kappa shape index (κ1) is 18.4. The van der Waals surface area contributed by atoms with E-state index in [1.54, 1.807) is 11.2 Å². The van der Waals surface area contributed by atoms with Crippen molar-refractivity contribution in [3.05, 3.63) is 54.1 Å². The Morgan fingerprint density at radius 3 is 3.11 bits per heavy atom. The van der Waals surface area contributed by atoms with Crippen molar-refractivity contribution in [3.8, 4) is 0 Å². The number of para-hydroxylation sites is 1. The van der Waals surface area contributed by atoms with E-state index in [4.69, 9.17) is 4.74 Å². The molecule has 1 fully saturated rings. The lowest BCUT2D eigenvalue weighted by Gasteiger charge is -2.18. The second-order valence-corrected chi connectivity index (χ2v) is 7.17. The predicted molar refractivity (Wildman–Crippen MR) is 108 cm³/mol. The first-order valence-corrected chi connectivity index (χ1v) is 9.63. The van der Waals surface area contributed by atoms with Crippen LogP contribution < -0.4 is 5.32 Å². The van der Waals surface area contributed by atoms with Gasteiger partial charge in [0.1, 0.15) is 12.1 Å². The average molecular weight is 379 g/mol. The number of H-pyrrole nitrogens is 1. The number of fused-ring (bicyclic) bond motifs is 1. The number of amides is 1. The lowest BCUT2D eigenvalue weighted by Crippen LogP contribution is -2.32. The summed E-state index contributed by atoms with van der Waals surface area (Å²) in [6, 6.07) is 10.0. The van der Waals surface area contributed by atoms with Gasteiger partial charge in [-0.05, 0) is 18.1 Å². The van der Waals surface area contributed by atoms with Gasteiger partial charge in [-0.25, -0.2) is 9.97 Å². The summed E-state index contributed by atoms with van der Waals surface area (Å²) in [5.41, 5.74) is 3.10. The molecular weight excluding hydrogens is 354 g/mol. The number of rotatable bonds is 7. The molecule has 2 N–H and O–H groups in total. The summed E-state index contributed by atoms with van der Waals surface area (Å²) in [7, 11) is 1.83. The van der Waals surface area contributed by atoms with Crippen molar-refractivity contribution in [2.45, 2.75) is 18.8 Å². The number of hydrogen-bond acceptors (Lipinski definition) is 5. The molecule has 28 heavy (non-hydrogen) atoms. The molecule has 1 atom stereocenters. The molecule has 2 aromatic heterocycles. The number of likely N-dealkylation sites (N-methyl/N-ethyl adjacent to an activating group) is 1. The van der Waals surface area contributed by atoms with E-state index in [2.05, 4.69) is 20.3 Å². The van der Waals surface area contributed by atoms with Gasteiger partial charge in [-0.1, -0.05) is 18.2 Å². The lowest BCUT2D eigenvalue weighted by molar-refractivity contribution is -0.129. The highest BCUT2D eigenvalue weighted by Crippen LogP contribution is 2.24. The maximum atomic E-state index is 12.6. The fourth-order valence-electron chi connectivity index (χ4n) is 3.51. The molecule has 1 aliphatic rings. The van der Waals surface area contributed by atoms with Crippen LogP contribution in [0.3, 0.4) is 0 Å². The van der Waals surface area contributed by atoms with Gasteiger partial charge in [0.05, 0.1) is 18.7 Å². The summed E-state index contributed by atoms with van der Waals surface area (Å²) in [6.45, 7) is 2.75. The average Bonchev–Trinajstić information content (AvgIpc) is 3.39. The Balaban J connectivity index is 1.29. The van der Waals surface area contributed by atoms with E-state index >= 15 is 0 Å². The number of benzene rings is 1. The number of hydrogen-bond donors (Lipinski definition) is 2. The van der Waals surface area contributed by atoms with Crippen molar-refractivity contribution in [1.29, 1.82) is 0 Å². The second-order valence-electron chi connectivity index (χ2n) is 7.17. The predicted octanol–water partition coefficient (Wildman–Crippen LogP) is 2.57. The topological polar surface area (TPSA) is 83.1 Å². The minimum Gasteiger partial charge on any atom is -0.381 e. The number of carbonyl (C=O) groups excluding carboxylic acids is 1. The van der Waals surface area contributed by atoms with E-state index < -0.39 is 0 Å². The summed E-state index contributed by atoms with van der Waals surface area (Å²) in [4.78, 5) is 26.2. The smallest absolute Gasteiger partial charge is 0.226 e. The summed E-state index contributed by atoms with van der Waals surface area (Å²) in [5, 5.41) is 4.39. The van der Waals surface area contributed by atoms with E-state index in [1.807, 2.05) is 43.6 Å². The number of anilines is 1. The van der Waals surface area contributed by atoms with Crippen LogP contribution in [-0.4, -0.2) is 59.1 Å². The van der Waals surface area contributed by atoms with E-state index in [0.717, 1.165) is 47.6 Å². The Hall–Kier alpha value is -2.93. The van der Waals surface area contributed by atoms with Gasteiger partial charge in [0.25, 0.3) is 0 Å². The fraction of sp³-hybridized carbons (Fsp3) is 0.381. The van der Waals surface area contributed by atoms with Crippen molar-refractivity contribution in [1.82, 2.24) is 19.9 Å². The van der Waals surface area contributed by atoms with Gasteiger partial charge in [-0.15, -0.1) is 0 Å². The Morgan fingerprint density at radius 2 is 2.25 bits per heavy atom. The molecule has 0 aliphatic carbocycles. The van der Waals surface area contributed by atoms with Gasteiger partial charge in [0, 0.05) is 55.8 Å². The third-order valence-corrected chi connectivity index (χ3v) is 5.23. The van der Waals surface area contributed by atoms with Gasteiger partial charge in [0.2, 0.25) is 5.91 Å². The molecule has 0 saturated carbocycles. The zero-order chi connectivity index (χ0) is 19.3. The standard InChI is InChI=1S/C21H25N5O2/c1-26(21(27)10-16-12-23-18-5-3-2-4-17(16)18)8-7-22-20-11-19(24-14-25-20)15-6-9-28-13-15/h2-5,11-12,14-15,23H,6-10,13H2,1H3,(H,22,24,25)/t15-/m1/s1. The van der Waals surface area contributed by atoms with E-state index in [-0.39, 0.29) is 5.91 Å². The third-order valence-electron chi connectivity index (χ3n) is 5.23. The van der Waals surface area contributed by atoms with E-state index in [0.29, 0.717) is 25.4 Å². The van der Waals surface area contributed by atoms with Crippen LogP contribution in [0.5, 0.6) is 0 Å². The highest BCUT2D eigenvalue weighted by atomic mass is 16.5. The van der Waals surface area contributed by atoms with Crippen LogP contribution in [0.25, 0.3) is 10.9 Å². The quantitative estimate of drug-likeness (QED) is 0.659. The van der Waals surface area contributed by atoms with Crippen LogP contribution in [0.2, 0.25) is 0 Å². The molecule has 1 aromatic carbocycles. The number of aromatic nitrogens is 3. The molecule has 1 aliphatic heterocycles. The molecule has 146 valence electrons. The molecule has 3 aromatic rings. The molecule has 0 bridgehead atoms. The minimum absolute atomic E-state index is 0.0954. The molecule has 7 nitrogen and oxygen atoms in total. The van der Waals surface area contributed by atoms with Gasteiger partial charge in [-0.2, -0.15) is 0 Å².